The van der Waals surface area contributed by atoms with Crippen LogP contribution >= 0.6 is 15.9 Å². The summed E-state index contributed by atoms with van der Waals surface area (Å²) in [6, 6.07) is 15.7. The van der Waals surface area contributed by atoms with E-state index in [2.05, 4.69) is 38.1 Å². The first kappa shape index (κ1) is 16.3. The van der Waals surface area contributed by atoms with Crippen LogP contribution in [-0.4, -0.2) is 51.5 Å². The highest BCUT2D eigenvalue weighted by atomic mass is 79.9. The van der Waals surface area contributed by atoms with Crippen molar-refractivity contribution < 1.29 is 4.79 Å². The largest absolute Gasteiger partial charge is 0.336 e. The number of carbonyl (C=O) groups excluding carboxylic acids is 1. The minimum absolute atomic E-state index is 0.111. The molecule has 3 aromatic rings. The number of nitrogens with zero attached hydrogens (tertiary/aromatic N) is 4. The number of rotatable bonds is 3. The SMILES string of the molecule is O=C(c1ccc(Br)cc1)N1CCN(Cc2cc3ccccn3n2)CC1. The third kappa shape index (κ3) is 3.60. The lowest BCUT2D eigenvalue weighted by molar-refractivity contribution is 0.0627. The Morgan fingerprint density at radius 1 is 1.04 bits per heavy atom. The Bertz CT molecular complexity index is 849. The van der Waals surface area contributed by atoms with Gasteiger partial charge in [0.15, 0.2) is 0 Å². The Morgan fingerprint density at radius 3 is 2.52 bits per heavy atom. The van der Waals surface area contributed by atoms with Crippen molar-refractivity contribution in [2.24, 2.45) is 0 Å². The minimum Gasteiger partial charge on any atom is -0.336 e. The second kappa shape index (κ2) is 6.98. The Kier molecular flexibility index (Phi) is 4.55. The van der Waals surface area contributed by atoms with E-state index in [1.54, 1.807) is 0 Å². The number of aromatic nitrogens is 2. The van der Waals surface area contributed by atoms with E-state index in [0.29, 0.717) is 0 Å². The van der Waals surface area contributed by atoms with Crippen LogP contribution in [0, 0.1) is 0 Å². The smallest absolute Gasteiger partial charge is 0.253 e. The fraction of sp³-hybridized carbons (Fsp3) is 0.263. The van der Waals surface area contributed by atoms with Crippen LogP contribution < -0.4 is 0 Å². The zero-order chi connectivity index (χ0) is 17.2. The van der Waals surface area contributed by atoms with Crippen molar-refractivity contribution in [2.75, 3.05) is 26.2 Å². The number of carbonyl (C=O) groups is 1. The zero-order valence-electron chi connectivity index (χ0n) is 13.8. The molecule has 1 fully saturated rings. The van der Waals surface area contributed by atoms with Gasteiger partial charge < -0.3 is 4.90 Å². The van der Waals surface area contributed by atoms with E-state index in [1.807, 2.05) is 52.0 Å². The van der Waals surface area contributed by atoms with Gasteiger partial charge in [0.05, 0.1) is 11.2 Å². The highest BCUT2D eigenvalue weighted by Crippen LogP contribution is 2.15. The molecule has 1 aliphatic rings. The van der Waals surface area contributed by atoms with Crippen LogP contribution in [0.4, 0.5) is 0 Å². The number of halogens is 1. The van der Waals surface area contributed by atoms with Crippen molar-refractivity contribution in [3.05, 3.63) is 70.5 Å². The summed E-state index contributed by atoms with van der Waals surface area (Å²) in [6.07, 6.45) is 1.97. The van der Waals surface area contributed by atoms with E-state index in [-0.39, 0.29) is 5.91 Å². The molecule has 4 rings (SSSR count). The van der Waals surface area contributed by atoms with E-state index in [1.165, 1.54) is 0 Å². The third-order valence-electron chi connectivity index (χ3n) is 4.56. The standard InChI is InChI=1S/C19H19BrN4O/c20-16-6-4-15(5-7-16)19(25)23-11-9-22(10-12-23)14-17-13-18-3-1-2-8-24(18)21-17/h1-8,13H,9-12,14H2. The minimum atomic E-state index is 0.111. The molecule has 25 heavy (non-hydrogen) atoms. The maximum absolute atomic E-state index is 12.6. The third-order valence-corrected chi connectivity index (χ3v) is 5.09. The molecule has 1 aromatic carbocycles. The van der Waals surface area contributed by atoms with E-state index in [9.17, 15) is 4.79 Å². The highest BCUT2D eigenvalue weighted by molar-refractivity contribution is 9.10. The van der Waals surface area contributed by atoms with Crippen LogP contribution in [0.3, 0.4) is 0 Å². The quantitative estimate of drug-likeness (QED) is 0.680. The van der Waals surface area contributed by atoms with Gasteiger partial charge in [0.1, 0.15) is 0 Å². The highest BCUT2D eigenvalue weighted by Gasteiger charge is 2.22. The van der Waals surface area contributed by atoms with E-state index in [0.717, 1.165) is 54.0 Å². The predicted octanol–water partition coefficient (Wildman–Crippen LogP) is 3.05. The van der Waals surface area contributed by atoms with Gasteiger partial charge in [-0.05, 0) is 42.5 Å². The van der Waals surface area contributed by atoms with Gasteiger partial charge >= 0.3 is 0 Å². The van der Waals surface area contributed by atoms with Crippen LogP contribution in [0.25, 0.3) is 5.52 Å². The number of piperazine rings is 1. The molecule has 2 aromatic heterocycles. The summed E-state index contributed by atoms with van der Waals surface area (Å²) < 4.78 is 2.89. The molecule has 0 atom stereocenters. The van der Waals surface area contributed by atoms with Crippen LogP contribution in [0.1, 0.15) is 16.1 Å². The summed E-state index contributed by atoms with van der Waals surface area (Å²) in [6.45, 7) is 4.07. The number of fused-ring (bicyclic) bond motifs is 1. The van der Waals surface area contributed by atoms with Gasteiger partial charge in [-0.2, -0.15) is 5.10 Å². The number of hydrogen-bond acceptors (Lipinski definition) is 3. The first-order valence-electron chi connectivity index (χ1n) is 8.39. The van der Waals surface area contributed by atoms with Gasteiger partial charge in [0, 0.05) is 49.0 Å². The van der Waals surface area contributed by atoms with Gasteiger partial charge in [0.25, 0.3) is 5.91 Å². The molecule has 1 saturated heterocycles. The molecular weight excluding hydrogens is 380 g/mol. The van der Waals surface area contributed by atoms with Crippen molar-refractivity contribution >= 4 is 27.4 Å². The van der Waals surface area contributed by atoms with Crippen molar-refractivity contribution in [3.8, 4) is 0 Å². The second-order valence-corrected chi connectivity index (χ2v) is 7.20. The maximum atomic E-state index is 12.6. The lowest BCUT2D eigenvalue weighted by atomic mass is 10.2. The van der Waals surface area contributed by atoms with Crippen LogP contribution in [-0.2, 0) is 6.54 Å². The molecule has 1 aliphatic heterocycles. The Balaban J connectivity index is 1.36. The lowest BCUT2D eigenvalue weighted by Crippen LogP contribution is -2.48. The lowest BCUT2D eigenvalue weighted by Gasteiger charge is -2.34. The van der Waals surface area contributed by atoms with E-state index < -0.39 is 0 Å². The second-order valence-electron chi connectivity index (χ2n) is 6.28. The topological polar surface area (TPSA) is 40.9 Å². The molecule has 6 heteroatoms. The number of benzene rings is 1. The van der Waals surface area contributed by atoms with Gasteiger partial charge in [-0.25, -0.2) is 4.52 Å². The summed E-state index contributed by atoms with van der Waals surface area (Å²) in [4.78, 5) is 16.9. The molecule has 5 nitrogen and oxygen atoms in total. The number of hydrogen-bond donors (Lipinski definition) is 0. The molecule has 0 radical (unpaired) electrons. The van der Waals surface area contributed by atoms with Crippen molar-refractivity contribution in [1.29, 1.82) is 0 Å². The molecular formula is C19H19BrN4O. The van der Waals surface area contributed by atoms with E-state index >= 15 is 0 Å². The van der Waals surface area contributed by atoms with Crippen LogP contribution in [0.5, 0.6) is 0 Å². The summed E-state index contributed by atoms with van der Waals surface area (Å²) in [5.74, 6) is 0.111. The van der Waals surface area contributed by atoms with Crippen LogP contribution in [0.2, 0.25) is 0 Å². The van der Waals surface area contributed by atoms with Gasteiger partial charge in [-0.15, -0.1) is 0 Å². The average Bonchev–Trinajstić information content (AvgIpc) is 3.05. The summed E-state index contributed by atoms with van der Waals surface area (Å²) in [5, 5.41) is 4.61. The summed E-state index contributed by atoms with van der Waals surface area (Å²) >= 11 is 3.40. The molecule has 0 bridgehead atoms. The van der Waals surface area contributed by atoms with Crippen molar-refractivity contribution in [1.82, 2.24) is 19.4 Å². The molecule has 0 saturated carbocycles. The van der Waals surface area contributed by atoms with E-state index in [4.69, 9.17) is 0 Å². The molecule has 0 spiro atoms. The zero-order valence-corrected chi connectivity index (χ0v) is 15.4. The van der Waals surface area contributed by atoms with Gasteiger partial charge in [-0.3, -0.25) is 9.69 Å². The molecule has 0 unspecified atom stereocenters. The normalized spacial score (nSPS) is 15.6. The Labute approximate surface area is 155 Å². The first-order chi connectivity index (χ1) is 12.2. The average molecular weight is 399 g/mol. The summed E-state index contributed by atoms with van der Waals surface area (Å²) in [7, 11) is 0. The predicted molar refractivity (Wildman–Crippen MR) is 101 cm³/mol. The first-order valence-corrected chi connectivity index (χ1v) is 9.19. The summed E-state index contributed by atoms with van der Waals surface area (Å²) in [5.41, 5.74) is 2.93. The van der Waals surface area contributed by atoms with Gasteiger partial charge in [0.2, 0.25) is 0 Å². The number of pyridine rings is 1. The molecule has 1 amide bonds. The Morgan fingerprint density at radius 2 is 1.80 bits per heavy atom. The van der Waals surface area contributed by atoms with Crippen molar-refractivity contribution in [2.45, 2.75) is 6.54 Å². The van der Waals surface area contributed by atoms with Crippen molar-refractivity contribution in [3.63, 3.8) is 0 Å². The molecule has 0 N–H and O–H groups in total. The molecule has 128 valence electrons. The number of amides is 1. The fourth-order valence-electron chi connectivity index (χ4n) is 3.18. The monoisotopic (exact) mass is 398 g/mol. The van der Waals surface area contributed by atoms with Gasteiger partial charge in [-0.1, -0.05) is 22.0 Å². The molecule has 0 aliphatic carbocycles. The van der Waals surface area contributed by atoms with Crippen LogP contribution in [0.15, 0.2) is 59.2 Å². The fourth-order valence-corrected chi connectivity index (χ4v) is 3.45. The molecule has 3 heterocycles. The Hall–Kier alpha value is -2.18. The maximum Gasteiger partial charge on any atom is 0.253 e.